The van der Waals surface area contributed by atoms with Gasteiger partial charge in [0.1, 0.15) is 5.82 Å². The van der Waals surface area contributed by atoms with Gasteiger partial charge < -0.3 is 5.32 Å². The zero-order chi connectivity index (χ0) is 15.6. The minimum atomic E-state index is -4.52. The van der Waals surface area contributed by atoms with Crippen LogP contribution in [0.25, 0.3) is 0 Å². The Labute approximate surface area is 115 Å². The van der Waals surface area contributed by atoms with Gasteiger partial charge in [-0.25, -0.2) is 18.1 Å². The van der Waals surface area contributed by atoms with Gasteiger partial charge in [0, 0.05) is 18.3 Å². The van der Waals surface area contributed by atoms with Crippen molar-refractivity contribution in [2.45, 2.75) is 25.6 Å². The Bertz CT molecular complexity index is 571. The molecule has 0 aromatic carbocycles. The molecule has 0 fully saturated rings. The molecule has 20 heavy (non-hydrogen) atoms. The van der Waals surface area contributed by atoms with Gasteiger partial charge >= 0.3 is 6.18 Å². The molecule has 0 saturated carbocycles. The van der Waals surface area contributed by atoms with Crippen LogP contribution in [0.1, 0.15) is 19.4 Å². The standard InChI is InChI=1S/C11H16F3N3O2S/c1-10(2,17-20(3,18)19)7-16-9-8(11(12,13)14)5-4-6-15-9/h4-6,17H,7H2,1-3H3,(H,15,16). The smallest absolute Gasteiger partial charge is 0.368 e. The lowest BCUT2D eigenvalue weighted by Gasteiger charge is -2.26. The van der Waals surface area contributed by atoms with Crippen molar-refractivity contribution >= 4 is 15.8 Å². The van der Waals surface area contributed by atoms with E-state index in [1.54, 1.807) is 13.8 Å². The lowest BCUT2D eigenvalue weighted by molar-refractivity contribution is -0.137. The summed E-state index contributed by atoms with van der Waals surface area (Å²) in [5.74, 6) is -0.330. The van der Waals surface area contributed by atoms with Crippen molar-refractivity contribution in [1.82, 2.24) is 9.71 Å². The summed E-state index contributed by atoms with van der Waals surface area (Å²) in [7, 11) is -3.46. The largest absolute Gasteiger partial charge is 0.419 e. The van der Waals surface area contributed by atoms with Gasteiger partial charge in [0.15, 0.2) is 0 Å². The fourth-order valence-electron chi connectivity index (χ4n) is 1.62. The minimum absolute atomic E-state index is 0.0415. The van der Waals surface area contributed by atoms with Gasteiger partial charge in [-0.15, -0.1) is 0 Å². The van der Waals surface area contributed by atoms with Crippen LogP contribution in [-0.2, 0) is 16.2 Å². The van der Waals surface area contributed by atoms with E-state index in [0.29, 0.717) is 0 Å². The highest BCUT2D eigenvalue weighted by atomic mass is 32.2. The molecule has 2 N–H and O–H groups in total. The van der Waals surface area contributed by atoms with Gasteiger partial charge in [-0.05, 0) is 26.0 Å². The van der Waals surface area contributed by atoms with Gasteiger partial charge in [0.2, 0.25) is 10.0 Å². The quantitative estimate of drug-likeness (QED) is 0.870. The molecule has 0 radical (unpaired) electrons. The maximum atomic E-state index is 12.7. The summed E-state index contributed by atoms with van der Waals surface area (Å²) in [5.41, 5.74) is -1.84. The Morgan fingerprint density at radius 3 is 2.40 bits per heavy atom. The van der Waals surface area contributed by atoms with Crippen molar-refractivity contribution in [1.29, 1.82) is 0 Å². The van der Waals surface area contributed by atoms with Gasteiger partial charge in [0.25, 0.3) is 0 Å². The molecule has 0 aliphatic heterocycles. The van der Waals surface area contributed by atoms with Gasteiger partial charge in [-0.3, -0.25) is 0 Å². The van der Waals surface area contributed by atoms with E-state index in [-0.39, 0.29) is 12.4 Å². The summed E-state index contributed by atoms with van der Waals surface area (Å²) >= 11 is 0. The lowest BCUT2D eigenvalue weighted by atomic mass is 10.1. The van der Waals surface area contributed by atoms with E-state index in [0.717, 1.165) is 12.3 Å². The Hall–Kier alpha value is -1.35. The van der Waals surface area contributed by atoms with Gasteiger partial charge in [-0.1, -0.05) is 0 Å². The van der Waals surface area contributed by atoms with E-state index in [1.807, 2.05) is 0 Å². The summed E-state index contributed by atoms with van der Waals surface area (Å²) in [5, 5.41) is 2.52. The molecule has 0 spiro atoms. The summed E-state index contributed by atoms with van der Waals surface area (Å²) in [6.07, 6.45) is -2.31. The van der Waals surface area contributed by atoms with Gasteiger partial charge in [-0.2, -0.15) is 13.2 Å². The van der Waals surface area contributed by atoms with Crippen LogP contribution in [0.2, 0.25) is 0 Å². The third-order valence-electron chi connectivity index (χ3n) is 2.27. The Morgan fingerprint density at radius 2 is 1.90 bits per heavy atom. The monoisotopic (exact) mass is 311 g/mol. The van der Waals surface area contributed by atoms with E-state index in [2.05, 4.69) is 15.0 Å². The van der Waals surface area contributed by atoms with E-state index in [4.69, 9.17) is 0 Å². The first kappa shape index (κ1) is 16.7. The normalized spacial score (nSPS) is 13.3. The summed E-state index contributed by atoms with van der Waals surface area (Å²) in [6, 6.07) is 2.10. The fourth-order valence-corrected chi connectivity index (χ4v) is 2.69. The number of nitrogens with zero attached hydrogens (tertiary/aromatic N) is 1. The van der Waals surface area contributed by atoms with E-state index in [1.165, 1.54) is 12.3 Å². The SMILES string of the molecule is CC(C)(CNc1ncccc1C(F)(F)F)NS(C)(=O)=O. The highest BCUT2D eigenvalue weighted by molar-refractivity contribution is 7.88. The molecule has 1 aromatic rings. The van der Waals surface area contributed by atoms with Crippen LogP contribution < -0.4 is 10.0 Å². The van der Waals surface area contributed by atoms with E-state index < -0.39 is 27.3 Å². The number of sulfonamides is 1. The fraction of sp³-hybridized carbons (Fsp3) is 0.545. The van der Waals surface area contributed by atoms with Crippen molar-refractivity contribution in [2.75, 3.05) is 18.1 Å². The second-order valence-corrected chi connectivity index (χ2v) is 6.76. The van der Waals surface area contributed by atoms with Crippen molar-refractivity contribution < 1.29 is 21.6 Å². The van der Waals surface area contributed by atoms with E-state index >= 15 is 0 Å². The summed E-state index contributed by atoms with van der Waals surface area (Å²) in [4.78, 5) is 3.64. The van der Waals surface area contributed by atoms with E-state index in [9.17, 15) is 21.6 Å². The zero-order valence-electron chi connectivity index (χ0n) is 11.2. The third-order valence-corrected chi connectivity index (χ3v) is 3.20. The number of anilines is 1. The topological polar surface area (TPSA) is 71.1 Å². The van der Waals surface area contributed by atoms with Crippen LogP contribution in [0.5, 0.6) is 0 Å². The first-order chi connectivity index (χ1) is 8.91. The Morgan fingerprint density at radius 1 is 1.30 bits per heavy atom. The zero-order valence-corrected chi connectivity index (χ0v) is 12.1. The highest BCUT2D eigenvalue weighted by Crippen LogP contribution is 2.33. The number of rotatable bonds is 5. The Balaban J connectivity index is 2.86. The molecular weight excluding hydrogens is 295 g/mol. The number of aromatic nitrogens is 1. The van der Waals surface area contributed by atoms with Crippen LogP contribution in [-0.4, -0.2) is 31.7 Å². The predicted molar refractivity (Wildman–Crippen MR) is 69.8 cm³/mol. The first-order valence-electron chi connectivity index (χ1n) is 5.66. The number of halogens is 3. The molecule has 0 aliphatic carbocycles. The second kappa shape index (κ2) is 5.57. The molecule has 1 heterocycles. The van der Waals surface area contributed by atoms with Crippen LogP contribution in [0.15, 0.2) is 18.3 Å². The summed E-state index contributed by atoms with van der Waals surface area (Å²) < 4.78 is 62.9. The molecule has 0 unspecified atom stereocenters. The number of hydrogen-bond acceptors (Lipinski definition) is 4. The number of nitrogens with one attached hydrogen (secondary N) is 2. The minimum Gasteiger partial charge on any atom is -0.368 e. The molecule has 0 atom stereocenters. The third kappa shape index (κ3) is 5.33. The van der Waals surface area contributed by atoms with Crippen molar-refractivity contribution in [3.63, 3.8) is 0 Å². The number of alkyl halides is 3. The van der Waals surface area contributed by atoms with Crippen molar-refractivity contribution in [3.05, 3.63) is 23.9 Å². The highest BCUT2D eigenvalue weighted by Gasteiger charge is 2.34. The van der Waals surface area contributed by atoms with Crippen LogP contribution in [0, 0.1) is 0 Å². The lowest BCUT2D eigenvalue weighted by Crippen LogP contribution is -2.48. The molecule has 9 heteroatoms. The average molecular weight is 311 g/mol. The molecule has 1 rings (SSSR count). The number of pyridine rings is 1. The first-order valence-corrected chi connectivity index (χ1v) is 7.55. The molecule has 1 aromatic heterocycles. The van der Waals surface area contributed by atoms with Crippen LogP contribution in [0.4, 0.5) is 19.0 Å². The molecule has 114 valence electrons. The number of hydrogen-bond donors (Lipinski definition) is 2. The second-order valence-electron chi connectivity index (χ2n) is 5.01. The molecule has 5 nitrogen and oxygen atoms in total. The maximum Gasteiger partial charge on any atom is 0.419 e. The average Bonchev–Trinajstić information content (AvgIpc) is 2.22. The maximum absolute atomic E-state index is 12.7. The molecule has 0 saturated heterocycles. The van der Waals surface area contributed by atoms with Crippen LogP contribution >= 0.6 is 0 Å². The van der Waals surface area contributed by atoms with Crippen molar-refractivity contribution in [2.24, 2.45) is 0 Å². The van der Waals surface area contributed by atoms with Crippen molar-refractivity contribution in [3.8, 4) is 0 Å². The summed E-state index contributed by atoms with van der Waals surface area (Å²) in [6.45, 7) is 3.06. The van der Waals surface area contributed by atoms with Crippen LogP contribution in [0.3, 0.4) is 0 Å². The van der Waals surface area contributed by atoms with Gasteiger partial charge in [0.05, 0.1) is 11.8 Å². The predicted octanol–water partition coefficient (Wildman–Crippen LogP) is 1.84. The molecule has 0 bridgehead atoms. The molecule has 0 amide bonds. The Kier molecular flexibility index (Phi) is 4.65. The molecule has 0 aliphatic rings. The molecular formula is C11H16F3N3O2S.